The predicted molar refractivity (Wildman–Crippen MR) is 133 cm³/mol. The smallest absolute Gasteiger partial charge is 0.309 e. The summed E-state index contributed by atoms with van der Waals surface area (Å²) in [5.74, 6) is 1.19. The van der Waals surface area contributed by atoms with E-state index in [0.717, 1.165) is 25.7 Å². The Kier molecular flexibility index (Phi) is 5.39. The van der Waals surface area contributed by atoms with Crippen molar-refractivity contribution >= 4 is 11.8 Å². The molecule has 5 rings (SSSR count). The van der Waals surface area contributed by atoms with Crippen LogP contribution in [0.2, 0.25) is 0 Å². The van der Waals surface area contributed by atoms with Crippen molar-refractivity contribution in [2.75, 3.05) is 0 Å². The second kappa shape index (κ2) is 7.54. The first-order valence-corrected chi connectivity index (χ1v) is 13.6. The number of allylic oxidation sites excluding steroid dienone is 4. The highest BCUT2D eigenvalue weighted by molar-refractivity contribution is 5.85. The van der Waals surface area contributed by atoms with Crippen molar-refractivity contribution in [3.63, 3.8) is 0 Å². The third kappa shape index (κ3) is 2.93. The van der Waals surface area contributed by atoms with Crippen LogP contribution in [0.5, 0.6) is 0 Å². The maximum atomic E-state index is 12.9. The molecule has 0 aromatic heterocycles. The highest BCUT2D eigenvalue weighted by atomic mass is 16.6. The van der Waals surface area contributed by atoms with Gasteiger partial charge in [-0.3, -0.25) is 9.59 Å². The van der Waals surface area contributed by atoms with E-state index in [2.05, 4.69) is 66.7 Å². The van der Waals surface area contributed by atoms with Gasteiger partial charge in [0.05, 0.1) is 12.0 Å². The van der Waals surface area contributed by atoms with Crippen LogP contribution >= 0.6 is 0 Å². The summed E-state index contributed by atoms with van der Waals surface area (Å²) in [7, 11) is 0. The van der Waals surface area contributed by atoms with Crippen molar-refractivity contribution in [2.45, 2.75) is 99.2 Å². The zero-order valence-corrected chi connectivity index (χ0v) is 22.2. The lowest BCUT2D eigenvalue weighted by Gasteiger charge is -2.64. The second-order valence-corrected chi connectivity index (χ2v) is 13.7. The Morgan fingerprint density at radius 2 is 1.88 bits per heavy atom. The van der Waals surface area contributed by atoms with Gasteiger partial charge in [-0.2, -0.15) is 0 Å². The molecule has 4 aliphatic carbocycles. The summed E-state index contributed by atoms with van der Waals surface area (Å²) < 4.78 is 6.03. The minimum Gasteiger partial charge on any atom is -0.462 e. The van der Waals surface area contributed by atoms with Crippen LogP contribution in [-0.4, -0.2) is 29.1 Å². The molecule has 1 aliphatic heterocycles. The zero-order valence-electron chi connectivity index (χ0n) is 22.2. The maximum absolute atomic E-state index is 12.9. The monoisotopic (exact) mass is 468 g/mol. The fraction of sp³-hybridized carbons (Fsp3) is 0.800. The third-order valence-electron chi connectivity index (χ3n) is 11.6. The van der Waals surface area contributed by atoms with Gasteiger partial charge >= 0.3 is 5.97 Å². The number of ketones is 1. The van der Waals surface area contributed by atoms with Crippen LogP contribution in [0.25, 0.3) is 0 Å². The minimum absolute atomic E-state index is 0.0145. The van der Waals surface area contributed by atoms with Crippen molar-refractivity contribution < 1.29 is 19.4 Å². The van der Waals surface area contributed by atoms with Gasteiger partial charge in [0.15, 0.2) is 0 Å². The number of fused-ring (bicyclic) bond motifs is 7. The van der Waals surface area contributed by atoms with Gasteiger partial charge < -0.3 is 9.84 Å². The first-order chi connectivity index (χ1) is 15.8. The molecule has 5 aliphatic rings. The molecule has 4 nitrogen and oxygen atoms in total. The lowest BCUT2D eigenvalue weighted by molar-refractivity contribution is -0.156. The molecule has 1 heterocycles. The molecule has 4 fully saturated rings. The molecular formula is C30H44O4. The minimum atomic E-state index is -0.489. The van der Waals surface area contributed by atoms with E-state index in [1.807, 2.05) is 0 Å². The van der Waals surface area contributed by atoms with Crippen molar-refractivity contribution in [2.24, 2.45) is 51.2 Å². The van der Waals surface area contributed by atoms with Gasteiger partial charge in [-0.05, 0) is 55.3 Å². The number of hydrogen-bond acceptors (Lipinski definition) is 4. The van der Waals surface area contributed by atoms with Crippen LogP contribution in [0.1, 0.15) is 87.0 Å². The first-order valence-electron chi connectivity index (χ1n) is 13.6. The molecule has 2 unspecified atom stereocenters. The van der Waals surface area contributed by atoms with Gasteiger partial charge in [-0.1, -0.05) is 72.3 Å². The summed E-state index contributed by atoms with van der Waals surface area (Å²) in [6.45, 7) is 15.5. The third-order valence-corrected chi connectivity index (χ3v) is 11.6. The van der Waals surface area contributed by atoms with Gasteiger partial charge in [0.25, 0.3) is 0 Å². The molecule has 0 amide bonds. The van der Waals surface area contributed by atoms with Gasteiger partial charge in [0, 0.05) is 28.6 Å². The number of aliphatic hydroxyl groups is 1. The average molecular weight is 469 g/mol. The summed E-state index contributed by atoms with van der Waals surface area (Å²) in [6, 6.07) is 0. The number of carbonyl (C=O) groups is 2. The number of Topliss-reactive ketones (excluding diaryl/α,β-unsaturated/α-hetero) is 1. The van der Waals surface area contributed by atoms with Gasteiger partial charge in [0.2, 0.25) is 0 Å². The summed E-state index contributed by atoms with van der Waals surface area (Å²) in [6.07, 6.45) is 10.8. The number of rotatable bonds is 3. The van der Waals surface area contributed by atoms with E-state index < -0.39 is 11.5 Å². The van der Waals surface area contributed by atoms with Crippen LogP contribution in [0.15, 0.2) is 23.8 Å². The fourth-order valence-corrected chi connectivity index (χ4v) is 9.53. The number of ether oxygens (including phenoxy) is 1. The summed E-state index contributed by atoms with van der Waals surface area (Å²) in [4.78, 5) is 25.8. The van der Waals surface area contributed by atoms with Crippen LogP contribution < -0.4 is 0 Å². The van der Waals surface area contributed by atoms with E-state index in [9.17, 15) is 14.7 Å². The summed E-state index contributed by atoms with van der Waals surface area (Å²) in [5, 5.41) is 11.9. The number of aliphatic hydroxyl groups excluding tert-OH is 1. The molecule has 1 N–H and O–H groups in total. The standard InChI is InChI=1S/C30H44O4/c1-17(2)9-8-10-18-25-21(34-26(18)33)16-29(6)19-11-12-22-27(3,4)23(31)13-14-28(22,5)20(19)15-24(32)30(25,29)7/h8-9,11,17-18,20-22,24-25,32H,10,12-16H2,1-7H3/b9-8+/t18?,20?,21-,22-,24+,25-,28+,29+,30-/m0/s1. The topological polar surface area (TPSA) is 63.6 Å². The van der Waals surface area contributed by atoms with E-state index in [0.29, 0.717) is 30.5 Å². The van der Waals surface area contributed by atoms with Crippen LogP contribution in [-0.2, 0) is 14.3 Å². The highest BCUT2D eigenvalue weighted by Crippen LogP contribution is 2.74. The zero-order chi connectivity index (χ0) is 24.8. The number of hydrogen-bond donors (Lipinski definition) is 1. The van der Waals surface area contributed by atoms with Crippen LogP contribution in [0.4, 0.5) is 0 Å². The van der Waals surface area contributed by atoms with E-state index in [1.165, 1.54) is 5.57 Å². The molecule has 1 saturated heterocycles. The Hall–Kier alpha value is -1.42. The Morgan fingerprint density at radius 3 is 2.56 bits per heavy atom. The van der Waals surface area contributed by atoms with Crippen molar-refractivity contribution in [1.29, 1.82) is 0 Å². The number of carbonyl (C=O) groups excluding carboxylic acids is 2. The Labute approximate surface area is 205 Å². The Morgan fingerprint density at radius 1 is 1.18 bits per heavy atom. The lowest BCUT2D eigenvalue weighted by Crippen LogP contribution is -2.61. The Balaban J connectivity index is 1.54. The van der Waals surface area contributed by atoms with Gasteiger partial charge in [-0.25, -0.2) is 0 Å². The summed E-state index contributed by atoms with van der Waals surface area (Å²) >= 11 is 0. The van der Waals surface area contributed by atoms with Crippen molar-refractivity contribution in [1.82, 2.24) is 0 Å². The normalized spacial score (nSPS) is 49.4. The SMILES string of the molecule is CC(C)/C=C/CC1C(=O)O[C@H]2C[C@]3(C)C4=CC[C@H]5C(C)(C)C(=O)CC[C@]5(C)C4C[C@@H](O)[C@@]3(C)[C@@H]12. The molecule has 3 saturated carbocycles. The molecule has 0 radical (unpaired) electrons. The van der Waals surface area contributed by atoms with Crippen LogP contribution in [0.3, 0.4) is 0 Å². The Bertz CT molecular complexity index is 959. The molecular weight excluding hydrogens is 424 g/mol. The van der Waals surface area contributed by atoms with Gasteiger partial charge in [-0.15, -0.1) is 0 Å². The molecule has 0 aromatic carbocycles. The molecule has 0 aromatic rings. The lowest BCUT2D eigenvalue weighted by atomic mass is 9.40. The van der Waals surface area contributed by atoms with Gasteiger partial charge in [0.1, 0.15) is 11.9 Å². The molecule has 0 bridgehead atoms. The van der Waals surface area contributed by atoms with E-state index in [1.54, 1.807) is 0 Å². The average Bonchev–Trinajstić information content (AvgIpc) is 3.17. The fourth-order valence-electron chi connectivity index (χ4n) is 9.53. The molecule has 9 atom stereocenters. The molecule has 4 heteroatoms. The van der Waals surface area contributed by atoms with E-state index in [-0.39, 0.29) is 46.1 Å². The highest BCUT2D eigenvalue weighted by Gasteiger charge is 2.73. The molecule has 188 valence electrons. The summed E-state index contributed by atoms with van der Waals surface area (Å²) in [5.41, 5.74) is 0.570. The second-order valence-electron chi connectivity index (χ2n) is 13.7. The quantitative estimate of drug-likeness (QED) is 0.415. The van der Waals surface area contributed by atoms with E-state index >= 15 is 0 Å². The maximum Gasteiger partial charge on any atom is 0.309 e. The number of esters is 1. The first kappa shape index (κ1) is 24.3. The van der Waals surface area contributed by atoms with Crippen molar-refractivity contribution in [3.05, 3.63) is 23.8 Å². The van der Waals surface area contributed by atoms with Crippen LogP contribution in [0, 0.1) is 51.2 Å². The van der Waals surface area contributed by atoms with E-state index in [4.69, 9.17) is 4.74 Å². The predicted octanol–water partition coefficient (Wildman–Crippen LogP) is 5.89. The largest absolute Gasteiger partial charge is 0.462 e. The van der Waals surface area contributed by atoms with Crippen molar-refractivity contribution in [3.8, 4) is 0 Å². The molecule has 0 spiro atoms. The molecule has 34 heavy (non-hydrogen) atoms.